The summed E-state index contributed by atoms with van der Waals surface area (Å²) in [6.45, 7) is 1.93. The first kappa shape index (κ1) is 25.6. The van der Waals surface area contributed by atoms with Gasteiger partial charge in [-0.1, -0.05) is 63.1 Å². The Kier molecular flexibility index (Phi) is 8.99. The SMILES string of the molecule is C.Cc1ccccc1[C@@H](C(=O)NC1CCCCC1)N(C(=O)Cc1cccs1)c1cccc(F)c1. The van der Waals surface area contributed by atoms with Crippen molar-refractivity contribution in [1.82, 2.24) is 5.32 Å². The van der Waals surface area contributed by atoms with Crippen LogP contribution in [0.5, 0.6) is 0 Å². The van der Waals surface area contributed by atoms with E-state index < -0.39 is 11.9 Å². The second kappa shape index (κ2) is 11.9. The third-order valence-corrected chi connectivity index (χ3v) is 7.08. The Labute approximate surface area is 205 Å². The molecule has 1 N–H and O–H groups in total. The Morgan fingerprint density at radius 3 is 2.50 bits per heavy atom. The fraction of sp³-hybridized carbons (Fsp3) is 0.357. The molecule has 1 heterocycles. The first-order valence-corrected chi connectivity index (χ1v) is 12.4. The Morgan fingerprint density at radius 2 is 1.82 bits per heavy atom. The predicted molar refractivity (Wildman–Crippen MR) is 138 cm³/mol. The number of aryl methyl sites for hydroxylation is 1. The van der Waals surface area contributed by atoms with Gasteiger partial charge in [0.1, 0.15) is 11.9 Å². The zero-order valence-electron chi connectivity index (χ0n) is 18.8. The van der Waals surface area contributed by atoms with Gasteiger partial charge < -0.3 is 5.32 Å². The molecule has 6 heteroatoms. The minimum absolute atomic E-state index is 0. The highest BCUT2D eigenvalue weighted by atomic mass is 32.1. The van der Waals surface area contributed by atoms with Gasteiger partial charge in [-0.15, -0.1) is 11.3 Å². The molecule has 180 valence electrons. The first-order chi connectivity index (χ1) is 16.0. The largest absolute Gasteiger partial charge is 0.351 e. The summed E-state index contributed by atoms with van der Waals surface area (Å²) in [4.78, 5) is 29.8. The Bertz CT molecular complexity index is 1090. The normalized spacial score (nSPS) is 14.6. The molecule has 2 amide bonds. The van der Waals surface area contributed by atoms with Crippen molar-refractivity contribution in [1.29, 1.82) is 0 Å². The van der Waals surface area contributed by atoms with Crippen molar-refractivity contribution in [2.75, 3.05) is 4.90 Å². The molecule has 4 nitrogen and oxygen atoms in total. The third-order valence-electron chi connectivity index (χ3n) is 6.20. The summed E-state index contributed by atoms with van der Waals surface area (Å²) >= 11 is 1.49. The number of nitrogens with one attached hydrogen (secondary N) is 1. The van der Waals surface area contributed by atoms with E-state index >= 15 is 0 Å². The highest BCUT2D eigenvalue weighted by Gasteiger charge is 2.35. The van der Waals surface area contributed by atoms with Crippen molar-refractivity contribution in [3.63, 3.8) is 0 Å². The molecule has 1 saturated carbocycles. The highest BCUT2D eigenvalue weighted by Crippen LogP contribution is 2.32. The molecular weight excluding hydrogens is 447 g/mol. The summed E-state index contributed by atoms with van der Waals surface area (Å²) < 4.78 is 14.3. The van der Waals surface area contributed by atoms with Crippen molar-refractivity contribution in [2.45, 2.75) is 65.0 Å². The smallest absolute Gasteiger partial charge is 0.248 e. The molecule has 34 heavy (non-hydrogen) atoms. The van der Waals surface area contributed by atoms with Gasteiger partial charge in [0.05, 0.1) is 6.42 Å². The lowest BCUT2D eigenvalue weighted by Crippen LogP contribution is -2.48. The standard InChI is InChI=1S/C27H29FN2O2S.CH4/c1-19-9-5-6-15-24(19)26(27(32)29-21-11-3-2-4-12-21)30(22-13-7-10-20(28)17-22)25(31)18-23-14-8-16-33-23;/h5-10,13-17,21,26H,2-4,11-12,18H2,1H3,(H,29,32);1H4/t26-;/m0./s1. The molecule has 1 atom stereocenters. The van der Waals surface area contributed by atoms with Crippen molar-refractivity contribution in [3.8, 4) is 0 Å². The zero-order valence-corrected chi connectivity index (χ0v) is 19.6. The lowest BCUT2D eigenvalue weighted by atomic mass is 9.93. The molecule has 2 aromatic carbocycles. The maximum atomic E-state index is 14.3. The van der Waals surface area contributed by atoms with Crippen molar-refractivity contribution in [3.05, 3.63) is 87.9 Å². The van der Waals surface area contributed by atoms with E-state index in [1.807, 2.05) is 48.7 Å². The molecule has 0 spiro atoms. The average molecular weight is 481 g/mol. The van der Waals surface area contributed by atoms with Gasteiger partial charge in [0.15, 0.2) is 0 Å². The lowest BCUT2D eigenvalue weighted by Gasteiger charge is -2.34. The number of halogens is 1. The van der Waals surface area contributed by atoms with Crippen LogP contribution in [-0.2, 0) is 16.0 Å². The van der Waals surface area contributed by atoms with Gasteiger partial charge in [-0.05, 0) is 60.5 Å². The fourth-order valence-corrected chi connectivity index (χ4v) is 5.22. The van der Waals surface area contributed by atoms with E-state index in [9.17, 15) is 14.0 Å². The number of nitrogens with zero attached hydrogens (tertiary/aromatic N) is 1. The zero-order chi connectivity index (χ0) is 23.2. The summed E-state index contributed by atoms with van der Waals surface area (Å²) in [7, 11) is 0. The minimum Gasteiger partial charge on any atom is -0.351 e. The maximum Gasteiger partial charge on any atom is 0.248 e. The Balaban J connectivity index is 0.00000324. The molecule has 0 unspecified atom stereocenters. The van der Waals surface area contributed by atoms with E-state index in [1.165, 1.54) is 34.8 Å². The van der Waals surface area contributed by atoms with Crippen LogP contribution in [0.15, 0.2) is 66.0 Å². The topological polar surface area (TPSA) is 49.4 Å². The summed E-state index contributed by atoms with van der Waals surface area (Å²) in [5.41, 5.74) is 2.03. The van der Waals surface area contributed by atoms with Crippen LogP contribution in [0.4, 0.5) is 10.1 Å². The maximum absolute atomic E-state index is 14.3. The molecule has 0 saturated heterocycles. The van der Waals surface area contributed by atoms with E-state index in [4.69, 9.17) is 0 Å². The van der Waals surface area contributed by atoms with Crippen LogP contribution in [0, 0.1) is 12.7 Å². The predicted octanol–water partition coefficient (Wildman–Crippen LogP) is 6.60. The summed E-state index contributed by atoms with van der Waals surface area (Å²) in [5, 5.41) is 5.12. The monoisotopic (exact) mass is 480 g/mol. The number of amides is 2. The molecule has 0 radical (unpaired) electrons. The number of hydrogen-bond donors (Lipinski definition) is 1. The van der Waals surface area contributed by atoms with E-state index in [-0.39, 0.29) is 31.7 Å². The van der Waals surface area contributed by atoms with Crippen LogP contribution in [-0.4, -0.2) is 17.9 Å². The van der Waals surface area contributed by atoms with Gasteiger partial charge in [-0.2, -0.15) is 0 Å². The fourth-order valence-electron chi connectivity index (χ4n) is 4.53. The second-order valence-corrected chi connectivity index (χ2v) is 9.63. The second-order valence-electron chi connectivity index (χ2n) is 8.60. The number of carbonyl (C=O) groups excluding carboxylic acids is 2. The Morgan fingerprint density at radius 1 is 1.06 bits per heavy atom. The van der Waals surface area contributed by atoms with Crippen LogP contribution in [0.25, 0.3) is 0 Å². The van der Waals surface area contributed by atoms with Gasteiger partial charge in [-0.3, -0.25) is 14.5 Å². The van der Waals surface area contributed by atoms with Crippen LogP contribution < -0.4 is 10.2 Å². The molecule has 0 bridgehead atoms. The van der Waals surface area contributed by atoms with Crippen molar-refractivity contribution < 1.29 is 14.0 Å². The Hall–Kier alpha value is -2.99. The van der Waals surface area contributed by atoms with E-state index in [2.05, 4.69) is 5.32 Å². The minimum atomic E-state index is -0.887. The molecule has 1 aliphatic rings. The number of rotatable bonds is 7. The van der Waals surface area contributed by atoms with Crippen molar-refractivity contribution in [2.24, 2.45) is 0 Å². The van der Waals surface area contributed by atoms with Crippen molar-refractivity contribution >= 4 is 28.8 Å². The van der Waals surface area contributed by atoms with Gasteiger partial charge >= 0.3 is 0 Å². The summed E-state index contributed by atoms with van der Waals surface area (Å²) in [5.74, 6) is -0.910. The number of carbonyl (C=O) groups is 2. The van der Waals surface area contributed by atoms with Crippen LogP contribution in [0.2, 0.25) is 0 Å². The van der Waals surface area contributed by atoms with E-state index in [0.29, 0.717) is 5.69 Å². The third kappa shape index (κ3) is 6.11. The number of anilines is 1. The van der Waals surface area contributed by atoms with E-state index in [1.54, 1.807) is 12.1 Å². The highest BCUT2D eigenvalue weighted by molar-refractivity contribution is 7.10. The molecule has 4 rings (SSSR count). The van der Waals surface area contributed by atoms with Gasteiger partial charge in [0.2, 0.25) is 11.8 Å². The number of hydrogen-bond acceptors (Lipinski definition) is 3. The average Bonchev–Trinajstić information content (AvgIpc) is 3.31. The molecule has 1 aliphatic carbocycles. The first-order valence-electron chi connectivity index (χ1n) is 11.5. The van der Waals surface area contributed by atoms with E-state index in [0.717, 1.165) is 41.7 Å². The van der Waals surface area contributed by atoms with Gasteiger partial charge in [-0.25, -0.2) is 4.39 Å². The summed E-state index contributed by atoms with van der Waals surface area (Å²) in [6.07, 6.45) is 5.38. The van der Waals surface area contributed by atoms with Gasteiger partial charge in [0.25, 0.3) is 0 Å². The van der Waals surface area contributed by atoms with Crippen LogP contribution in [0.3, 0.4) is 0 Å². The number of thiophene rings is 1. The van der Waals surface area contributed by atoms with Crippen LogP contribution in [0.1, 0.15) is 61.6 Å². The quantitative estimate of drug-likeness (QED) is 0.414. The molecule has 1 aromatic heterocycles. The summed E-state index contributed by atoms with van der Waals surface area (Å²) in [6, 6.07) is 16.5. The van der Waals surface area contributed by atoms with Gasteiger partial charge in [0, 0.05) is 16.6 Å². The molecular formula is C28H33FN2O2S. The lowest BCUT2D eigenvalue weighted by molar-refractivity contribution is -0.127. The molecule has 0 aliphatic heterocycles. The van der Waals surface area contributed by atoms with Crippen LogP contribution >= 0.6 is 11.3 Å². The molecule has 3 aromatic rings. The molecule has 1 fully saturated rings. The number of benzene rings is 2.